The Hall–Kier alpha value is -1.32. The fourth-order valence-corrected chi connectivity index (χ4v) is 3.59. The molecule has 1 aliphatic rings. The maximum absolute atomic E-state index is 12.4. The number of ketones is 1. The maximum atomic E-state index is 12.4. The van der Waals surface area contributed by atoms with Gasteiger partial charge in [-0.25, -0.2) is 0 Å². The maximum Gasteiger partial charge on any atom is 0.165 e. The van der Waals surface area contributed by atoms with Gasteiger partial charge in [-0.05, 0) is 47.9 Å². The van der Waals surface area contributed by atoms with E-state index < -0.39 is 0 Å². The molecule has 0 radical (unpaired) electrons. The quantitative estimate of drug-likeness (QED) is 0.579. The van der Waals surface area contributed by atoms with Crippen LogP contribution in [-0.4, -0.2) is 30.3 Å². The molecule has 0 spiro atoms. The number of carbonyl (C=O) groups is 1. The van der Waals surface area contributed by atoms with E-state index in [4.69, 9.17) is 34.8 Å². The highest BCUT2D eigenvalue weighted by Gasteiger charge is 2.16. The lowest BCUT2D eigenvalue weighted by Crippen LogP contribution is -2.30. The normalized spacial score (nSPS) is 15.1. The molecule has 0 amide bonds. The van der Waals surface area contributed by atoms with Gasteiger partial charge in [0.15, 0.2) is 5.78 Å². The van der Waals surface area contributed by atoms with Gasteiger partial charge in [0.25, 0.3) is 0 Å². The van der Waals surface area contributed by atoms with E-state index >= 15 is 0 Å². The van der Waals surface area contributed by atoms with Crippen molar-refractivity contribution in [2.24, 2.45) is 0 Å². The van der Waals surface area contributed by atoms with Crippen LogP contribution in [0.15, 0.2) is 48.5 Å². The number of hydrogen-bond donors (Lipinski definition) is 0. The fourth-order valence-electron chi connectivity index (χ4n) is 2.95. The number of rotatable bonds is 5. The molecule has 0 atom stereocenters. The molecule has 0 bridgehead atoms. The van der Waals surface area contributed by atoms with Crippen molar-refractivity contribution < 1.29 is 4.79 Å². The van der Waals surface area contributed by atoms with Gasteiger partial charge in [-0.15, -0.1) is 0 Å². The molecule has 0 aliphatic carbocycles. The molecule has 1 heterocycles. The smallest absolute Gasteiger partial charge is 0.165 e. The Morgan fingerprint density at radius 3 is 2.36 bits per heavy atom. The van der Waals surface area contributed by atoms with Crippen LogP contribution in [0.4, 0.5) is 0 Å². The standard InChI is InChI=1S/C20H18Cl3NO/c21-16-3-1-14(2-4-16)15-7-10-24(11-8-15)12-9-20(25)18-6-5-17(22)13-19(18)23/h1-7,13H,8-12H2. The third-order valence-corrected chi connectivity index (χ3v) is 5.19. The van der Waals surface area contributed by atoms with Crippen molar-refractivity contribution in [2.45, 2.75) is 12.8 Å². The highest BCUT2D eigenvalue weighted by molar-refractivity contribution is 6.36. The topological polar surface area (TPSA) is 20.3 Å². The minimum absolute atomic E-state index is 0.0501. The molecule has 130 valence electrons. The van der Waals surface area contributed by atoms with Crippen molar-refractivity contribution in [1.29, 1.82) is 0 Å². The van der Waals surface area contributed by atoms with Gasteiger partial charge in [-0.1, -0.05) is 53.0 Å². The third-order valence-electron chi connectivity index (χ3n) is 4.39. The molecule has 2 aromatic rings. The summed E-state index contributed by atoms with van der Waals surface area (Å²) in [6.07, 6.45) is 3.65. The Bertz CT molecular complexity index is 799. The Labute approximate surface area is 163 Å². The molecule has 0 fully saturated rings. The zero-order chi connectivity index (χ0) is 17.8. The van der Waals surface area contributed by atoms with E-state index in [-0.39, 0.29) is 5.78 Å². The molecule has 0 N–H and O–H groups in total. The van der Waals surface area contributed by atoms with Crippen LogP contribution in [0, 0.1) is 0 Å². The summed E-state index contributed by atoms with van der Waals surface area (Å²) in [4.78, 5) is 14.6. The van der Waals surface area contributed by atoms with Gasteiger partial charge in [0.1, 0.15) is 0 Å². The number of benzene rings is 2. The first-order valence-electron chi connectivity index (χ1n) is 8.18. The number of halogens is 3. The van der Waals surface area contributed by atoms with E-state index in [1.807, 2.05) is 12.1 Å². The zero-order valence-electron chi connectivity index (χ0n) is 13.6. The monoisotopic (exact) mass is 393 g/mol. The summed E-state index contributed by atoms with van der Waals surface area (Å²) in [6, 6.07) is 12.9. The number of nitrogens with zero attached hydrogens (tertiary/aromatic N) is 1. The van der Waals surface area contributed by atoms with Crippen LogP contribution in [-0.2, 0) is 0 Å². The molecular weight excluding hydrogens is 377 g/mol. The summed E-state index contributed by atoms with van der Waals surface area (Å²) in [7, 11) is 0. The second-order valence-electron chi connectivity index (χ2n) is 6.08. The molecule has 1 aliphatic heterocycles. The molecule has 2 aromatic carbocycles. The minimum atomic E-state index is 0.0501. The molecule has 2 nitrogen and oxygen atoms in total. The van der Waals surface area contributed by atoms with Crippen molar-refractivity contribution in [3.63, 3.8) is 0 Å². The van der Waals surface area contributed by atoms with Crippen LogP contribution in [0.3, 0.4) is 0 Å². The van der Waals surface area contributed by atoms with Gasteiger partial charge in [0, 0.05) is 41.7 Å². The summed E-state index contributed by atoms with van der Waals surface area (Å²) >= 11 is 17.9. The summed E-state index contributed by atoms with van der Waals surface area (Å²) in [5, 5.41) is 1.71. The molecule has 3 rings (SSSR count). The van der Waals surface area contributed by atoms with Crippen LogP contribution in [0.1, 0.15) is 28.8 Å². The van der Waals surface area contributed by atoms with E-state index in [2.05, 4.69) is 23.1 Å². The number of hydrogen-bond acceptors (Lipinski definition) is 2. The predicted molar refractivity (Wildman–Crippen MR) is 106 cm³/mol. The first-order chi connectivity index (χ1) is 12.0. The summed E-state index contributed by atoms with van der Waals surface area (Å²) < 4.78 is 0. The lowest BCUT2D eigenvalue weighted by atomic mass is 9.99. The van der Waals surface area contributed by atoms with E-state index in [0.717, 1.165) is 31.1 Å². The molecule has 0 saturated carbocycles. The SMILES string of the molecule is O=C(CCN1CC=C(c2ccc(Cl)cc2)CC1)c1ccc(Cl)cc1Cl. The van der Waals surface area contributed by atoms with Gasteiger partial charge < -0.3 is 0 Å². The molecule has 0 aromatic heterocycles. The second-order valence-corrected chi connectivity index (χ2v) is 7.36. The summed E-state index contributed by atoms with van der Waals surface area (Å²) in [6.45, 7) is 2.51. The van der Waals surface area contributed by atoms with Crippen molar-refractivity contribution in [2.75, 3.05) is 19.6 Å². The van der Waals surface area contributed by atoms with Crippen LogP contribution < -0.4 is 0 Å². The molecule has 5 heteroatoms. The minimum Gasteiger partial charge on any atom is -0.299 e. The Balaban J connectivity index is 1.55. The fraction of sp³-hybridized carbons (Fsp3) is 0.250. The van der Waals surface area contributed by atoms with Crippen molar-refractivity contribution in [3.8, 4) is 0 Å². The van der Waals surface area contributed by atoms with E-state index in [9.17, 15) is 4.79 Å². The van der Waals surface area contributed by atoms with Crippen LogP contribution >= 0.6 is 34.8 Å². The summed E-state index contributed by atoms with van der Waals surface area (Å²) in [5.41, 5.74) is 3.09. The van der Waals surface area contributed by atoms with Crippen LogP contribution in [0.5, 0.6) is 0 Å². The van der Waals surface area contributed by atoms with Crippen LogP contribution in [0.2, 0.25) is 15.1 Å². The average molecular weight is 395 g/mol. The van der Waals surface area contributed by atoms with Gasteiger partial charge in [0.2, 0.25) is 0 Å². The summed E-state index contributed by atoms with van der Waals surface area (Å²) in [5.74, 6) is 0.0501. The molecule has 0 unspecified atom stereocenters. The Kier molecular flexibility index (Phi) is 6.19. The first-order valence-corrected chi connectivity index (χ1v) is 9.32. The average Bonchev–Trinajstić information content (AvgIpc) is 2.61. The van der Waals surface area contributed by atoms with Crippen molar-refractivity contribution in [1.82, 2.24) is 4.90 Å². The first kappa shape index (κ1) is 18.5. The lowest BCUT2D eigenvalue weighted by molar-refractivity contribution is 0.0966. The third kappa shape index (κ3) is 4.86. The van der Waals surface area contributed by atoms with E-state index in [1.54, 1.807) is 18.2 Å². The van der Waals surface area contributed by atoms with Gasteiger partial charge in [-0.3, -0.25) is 9.69 Å². The molecular formula is C20H18Cl3NO. The molecule has 0 saturated heterocycles. The highest BCUT2D eigenvalue weighted by atomic mass is 35.5. The largest absolute Gasteiger partial charge is 0.299 e. The van der Waals surface area contributed by atoms with Gasteiger partial charge >= 0.3 is 0 Å². The van der Waals surface area contributed by atoms with Crippen molar-refractivity contribution >= 4 is 46.2 Å². The van der Waals surface area contributed by atoms with Gasteiger partial charge in [0.05, 0.1) is 5.02 Å². The Morgan fingerprint density at radius 2 is 1.72 bits per heavy atom. The molecule has 25 heavy (non-hydrogen) atoms. The van der Waals surface area contributed by atoms with Crippen molar-refractivity contribution in [3.05, 3.63) is 74.7 Å². The van der Waals surface area contributed by atoms with E-state index in [1.165, 1.54) is 11.1 Å². The van der Waals surface area contributed by atoms with E-state index in [0.29, 0.717) is 22.0 Å². The number of Topliss-reactive ketones (excluding diaryl/α,β-unsaturated/α-hetero) is 1. The zero-order valence-corrected chi connectivity index (χ0v) is 15.9. The lowest BCUT2D eigenvalue weighted by Gasteiger charge is -2.26. The van der Waals surface area contributed by atoms with Gasteiger partial charge in [-0.2, -0.15) is 0 Å². The number of carbonyl (C=O) groups excluding carboxylic acids is 1. The Morgan fingerprint density at radius 1 is 1.00 bits per heavy atom. The highest BCUT2D eigenvalue weighted by Crippen LogP contribution is 2.25. The predicted octanol–water partition coefficient (Wildman–Crippen LogP) is 6.01. The second kappa shape index (κ2) is 8.37. The van der Waals surface area contributed by atoms with Crippen LogP contribution in [0.25, 0.3) is 5.57 Å².